The van der Waals surface area contributed by atoms with E-state index in [1.165, 1.54) is 0 Å². The van der Waals surface area contributed by atoms with Crippen LogP contribution in [0.4, 0.5) is 0 Å². The second-order valence-electron chi connectivity index (χ2n) is 4.73. The number of nitrogens with one attached hydrogen (secondary N) is 1. The Balaban J connectivity index is 2.01. The molecule has 0 radical (unpaired) electrons. The molecule has 1 N–H and O–H groups in total. The Labute approximate surface area is 137 Å². The van der Waals surface area contributed by atoms with Gasteiger partial charge in [0.2, 0.25) is 11.7 Å². The summed E-state index contributed by atoms with van der Waals surface area (Å²) in [4.78, 5) is 17.0. The van der Waals surface area contributed by atoms with Crippen LogP contribution in [0.2, 0.25) is 10.0 Å². The van der Waals surface area contributed by atoms with E-state index in [0.29, 0.717) is 32.8 Å². The fourth-order valence-corrected chi connectivity index (χ4v) is 2.69. The van der Waals surface area contributed by atoms with Gasteiger partial charge in [-0.1, -0.05) is 35.3 Å². The third-order valence-electron chi connectivity index (χ3n) is 3.30. The van der Waals surface area contributed by atoms with Gasteiger partial charge >= 0.3 is 0 Å². The Morgan fingerprint density at radius 3 is 2.64 bits per heavy atom. The maximum Gasteiger partial charge on any atom is 0.215 e. The highest BCUT2D eigenvalue weighted by Gasteiger charge is 2.37. The third-order valence-corrected chi connectivity index (χ3v) is 3.77. The summed E-state index contributed by atoms with van der Waals surface area (Å²) < 4.78 is 5.75. The van der Waals surface area contributed by atoms with Crippen LogP contribution in [0.5, 0.6) is 0 Å². The number of hydrogen-bond donors (Lipinski definition) is 1. The molecular formula is C16H12Cl2N2O2. The number of pyridine rings is 1. The second kappa shape index (κ2) is 5.99. The average molecular weight is 335 g/mol. The lowest BCUT2D eigenvalue weighted by Gasteiger charge is -2.11. The standard InChI is InChI=1S/C16H12Cl2N2O2/c1-19-16-13(12-8-11(18)5-6-20-12)14(21)15(22-16)9-3-2-4-10(17)7-9/h2-8,15,19H,1H3/t15-/m1/s1. The van der Waals surface area contributed by atoms with Gasteiger partial charge in [0.1, 0.15) is 5.57 Å². The van der Waals surface area contributed by atoms with Crippen molar-refractivity contribution in [2.24, 2.45) is 0 Å². The van der Waals surface area contributed by atoms with Gasteiger partial charge in [-0.15, -0.1) is 0 Å². The predicted octanol–water partition coefficient (Wildman–Crippen LogP) is 3.62. The summed E-state index contributed by atoms with van der Waals surface area (Å²) in [6, 6.07) is 10.3. The van der Waals surface area contributed by atoms with Crippen LogP contribution >= 0.6 is 23.2 Å². The van der Waals surface area contributed by atoms with Gasteiger partial charge in [0.25, 0.3) is 0 Å². The van der Waals surface area contributed by atoms with Crippen molar-refractivity contribution in [2.45, 2.75) is 6.10 Å². The summed E-state index contributed by atoms with van der Waals surface area (Å²) in [6.45, 7) is 0. The number of nitrogens with zero attached hydrogens (tertiary/aromatic N) is 1. The smallest absolute Gasteiger partial charge is 0.215 e. The lowest BCUT2D eigenvalue weighted by atomic mass is 10.00. The van der Waals surface area contributed by atoms with Crippen LogP contribution in [0.3, 0.4) is 0 Å². The number of ether oxygens (including phenoxy) is 1. The molecule has 0 bridgehead atoms. The van der Waals surface area contributed by atoms with Crippen LogP contribution in [0.15, 0.2) is 48.5 Å². The van der Waals surface area contributed by atoms with E-state index in [9.17, 15) is 4.79 Å². The summed E-state index contributed by atoms with van der Waals surface area (Å²) in [5.74, 6) is 0.200. The maximum atomic E-state index is 12.7. The van der Waals surface area contributed by atoms with Gasteiger partial charge in [0.15, 0.2) is 6.10 Å². The molecule has 3 rings (SSSR count). The molecule has 0 aliphatic carbocycles. The number of aromatic nitrogens is 1. The summed E-state index contributed by atoms with van der Waals surface area (Å²) >= 11 is 12.0. The molecule has 1 aromatic heterocycles. The van der Waals surface area contributed by atoms with E-state index in [4.69, 9.17) is 27.9 Å². The van der Waals surface area contributed by atoms with E-state index in [-0.39, 0.29) is 5.78 Å². The van der Waals surface area contributed by atoms with Crippen molar-refractivity contribution >= 4 is 34.6 Å². The molecule has 22 heavy (non-hydrogen) atoms. The Hall–Kier alpha value is -2.04. The Kier molecular flexibility index (Phi) is 4.05. The van der Waals surface area contributed by atoms with Crippen molar-refractivity contribution in [3.8, 4) is 0 Å². The lowest BCUT2D eigenvalue weighted by Crippen LogP contribution is -2.10. The van der Waals surface area contributed by atoms with Gasteiger partial charge in [-0.3, -0.25) is 9.78 Å². The molecule has 0 amide bonds. The number of halogens is 2. The summed E-state index contributed by atoms with van der Waals surface area (Å²) in [5.41, 5.74) is 1.56. The minimum Gasteiger partial charge on any atom is -0.462 e. The van der Waals surface area contributed by atoms with Crippen molar-refractivity contribution in [3.63, 3.8) is 0 Å². The molecule has 112 valence electrons. The van der Waals surface area contributed by atoms with Gasteiger partial charge < -0.3 is 10.1 Å². The fourth-order valence-electron chi connectivity index (χ4n) is 2.33. The quantitative estimate of drug-likeness (QED) is 0.931. The number of carbonyl (C=O) groups excluding carboxylic acids is 1. The first-order valence-corrected chi connectivity index (χ1v) is 7.36. The van der Waals surface area contributed by atoms with Gasteiger partial charge in [-0.2, -0.15) is 0 Å². The first-order chi connectivity index (χ1) is 10.6. The van der Waals surface area contributed by atoms with E-state index in [0.717, 1.165) is 0 Å². The fraction of sp³-hybridized carbons (Fsp3) is 0.125. The minimum atomic E-state index is -0.739. The van der Waals surface area contributed by atoms with Crippen molar-refractivity contribution in [2.75, 3.05) is 7.05 Å². The number of rotatable bonds is 3. The van der Waals surface area contributed by atoms with E-state index < -0.39 is 6.10 Å². The summed E-state index contributed by atoms with van der Waals surface area (Å²) in [6.07, 6.45) is 0.815. The van der Waals surface area contributed by atoms with E-state index in [1.807, 2.05) is 0 Å². The predicted molar refractivity (Wildman–Crippen MR) is 85.5 cm³/mol. The molecule has 0 fully saturated rings. The molecule has 0 saturated heterocycles. The monoisotopic (exact) mass is 334 g/mol. The molecule has 1 aliphatic rings. The van der Waals surface area contributed by atoms with Crippen LogP contribution in [-0.2, 0) is 9.53 Å². The molecule has 6 heteroatoms. The van der Waals surface area contributed by atoms with E-state index in [2.05, 4.69) is 10.3 Å². The summed E-state index contributed by atoms with van der Waals surface area (Å²) in [7, 11) is 1.69. The van der Waals surface area contributed by atoms with Crippen LogP contribution < -0.4 is 5.32 Å². The Morgan fingerprint density at radius 2 is 1.95 bits per heavy atom. The highest BCUT2D eigenvalue weighted by molar-refractivity contribution is 6.32. The van der Waals surface area contributed by atoms with Gasteiger partial charge in [-0.25, -0.2) is 0 Å². The number of carbonyl (C=O) groups is 1. The molecule has 2 aromatic rings. The summed E-state index contributed by atoms with van der Waals surface area (Å²) in [5, 5.41) is 3.95. The molecular weight excluding hydrogens is 323 g/mol. The number of benzene rings is 1. The minimum absolute atomic E-state index is 0.179. The number of Topliss-reactive ketones (excluding diaryl/α,β-unsaturated/α-hetero) is 1. The zero-order valence-corrected chi connectivity index (χ0v) is 13.2. The topological polar surface area (TPSA) is 51.2 Å². The highest BCUT2D eigenvalue weighted by Crippen LogP contribution is 2.37. The highest BCUT2D eigenvalue weighted by atomic mass is 35.5. The van der Waals surface area contributed by atoms with E-state index in [1.54, 1.807) is 49.6 Å². The lowest BCUT2D eigenvalue weighted by molar-refractivity contribution is -0.120. The second-order valence-corrected chi connectivity index (χ2v) is 5.60. The molecule has 1 aromatic carbocycles. The first-order valence-electron chi connectivity index (χ1n) is 6.60. The zero-order valence-electron chi connectivity index (χ0n) is 11.6. The average Bonchev–Trinajstić information content (AvgIpc) is 2.84. The molecule has 0 spiro atoms. The zero-order chi connectivity index (χ0) is 15.7. The normalized spacial score (nSPS) is 17.6. The number of hydrogen-bond acceptors (Lipinski definition) is 4. The van der Waals surface area contributed by atoms with E-state index >= 15 is 0 Å². The SMILES string of the molecule is CNC1=C(c2cc(Cl)ccn2)C(=O)[C@@H](c2cccc(Cl)c2)O1. The molecule has 2 heterocycles. The van der Waals surface area contributed by atoms with Crippen LogP contribution in [-0.4, -0.2) is 17.8 Å². The largest absolute Gasteiger partial charge is 0.462 e. The molecule has 1 aliphatic heterocycles. The van der Waals surface area contributed by atoms with Crippen molar-refractivity contribution < 1.29 is 9.53 Å². The molecule has 0 saturated carbocycles. The van der Waals surface area contributed by atoms with Crippen molar-refractivity contribution in [1.29, 1.82) is 0 Å². The number of ketones is 1. The van der Waals surface area contributed by atoms with Gasteiger partial charge in [0, 0.05) is 28.9 Å². The van der Waals surface area contributed by atoms with Crippen molar-refractivity contribution in [1.82, 2.24) is 10.3 Å². The molecule has 1 atom stereocenters. The van der Waals surface area contributed by atoms with Gasteiger partial charge in [0.05, 0.1) is 5.69 Å². The van der Waals surface area contributed by atoms with Crippen LogP contribution in [0.1, 0.15) is 17.4 Å². The van der Waals surface area contributed by atoms with Crippen LogP contribution in [0, 0.1) is 0 Å². The molecule has 0 unspecified atom stereocenters. The van der Waals surface area contributed by atoms with Crippen LogP contribution in [0.25, 0.3) is 5.57 Å². The maximum absolute atomic E-state index is 12.7. The first kappa shape index (κ1) is 14.9. The Morgan fingerprint density at radius 1 is 1.18 bits per heavy atom. The molecule has 4 nitrogen and oxygen atoms in total. The van der Waals surface area contributed by atoms with Crippen molar-refractivity contribution in [3.05, 3.63) is 69.8 Å². The third kappa shape index (κ3) is 2.67. The Bertz CT molecular complexity index is 774. The van der Waals surface area contributed by atoms with Gasteiger partial charge in [-0.05, 0) is 24.3 Å².